The fraction of sp³-hybridized carbons (Fsp3) is 0.300. The van der Waals surface area contributed by atoms with Crippen LogP contribution < -0.4 is 14.5 Å². The van der Waals surface area contributed by atoms with Crippen LogP contribution in [0.1, 0.15) is 13.8 Å². The molecule has 2 aromatic carbocycles. The summed E-state index contributed by atoms with van der Waals surface area (Å²) in [6.07, 6.45) is 0.00819. The van der Waals surface area contributed by atoms with E-state index in [4.69, 9.17) is 4.74 Å². The number of carboxylic acid groups (broad SMARTS) is 1. The van der Waals surface area contributed by atoms with Gasteiger partial charge in [-0.25, -0.2) is 13.2 Å². The minimum absolute atomic E-state index is 0.140. The third-order valence-electron chi connectivity index (χ3n) is 4.90. The van der Waals surface area contributed by atoms with E-state index in [1.54, 1.807) is 36.1 Å². The Bertz CT molecular complexity index is 1080. The molecule has 154 valence electrons. The van der Waals surface area contributed by atoms with Gasteiger partial charge < -0.3 is 14.7 Å². The molecule has 0 saturated heterocycles. The van der Waals surface area contributed by atoms with Crippen molar-refractivity contribution in [2.24, 2.45) is 0 Å². The van der Waals surface area contributed by atoms with Gasteiger partial charge in [0.15, 0.2) is 9.84 Å². The molecule has 1 unspecified atom stereocenters. The zero-order chi connectivity index (χ0) is 21.5. The Labute approximate surface area is 169 Å². The number of ether oxygens (including phenoxy) is 1. The first-order valence-corrected chi connectivity index (χ1v) is 10.8. The maximum Gasteiger partial charge on any atom is 0.411 e. The monoisotopic (exact) mass is 418 g/mol. The number of rotatable bonds is 3. The Kier molecular flexibility index (Phi) is 5.27. The standard InChI is InChI=1S/C20H22N2O6S/c1-12-11-21(20(24)25)17-9-16(14-5-7-15(8-6-14)29(4,26)27)19(28-3)10-18(17)22(12)13(2)23/h5-10,12H,11H2,1-4H3,(H,24,25). The smallest absolute Gasteiger partial charge is 0.411 e. The summed E-state index contributed by atoms with van der Waals surface area (Å²) in [4.78, 5) is 27.0. The van der Waals surface area contributed by atoms with Crippen LogP contribution in [0.2, 0.25) is 0 Å². The highest BCUT2D eigenvalue weighted by Crippen LogP contribution is 2.44. The summed E-state index contributed by atoms with van der Waals surface area (Å²) in [5.41, 5.74) is 2.08. The van der Waals surface area contributed by atoms with Crippen molar-refractivity contribution in [1.82, 2.24) is 0 Å². The number of hydrogen-bond donors (Lipinski definition) is 1. The molecule has 0 fully saturated rings. The number of methoxy groups -OCH3 is 1. The van der Waals surface area contributed by atoms with Crippen LogP contribution in [0.15, 0.2) is 41.3 Å². The van der Waals surface area contributed by atoms with Gasteiger partial charge in [-0.15, -0.1) is 0 Å². The van der Waals surface area contributed by atoms with Gasteiger partial charge in [0.25, 0.3) is 0 Å². The molecule has 0 bridgehead atoms. The number of carbonyl (C=O) groups excluding carboxylic acids is 1. The second-order valence-corrected chi connectivity index (χ2v) is 8.98. The van der Waals surface area contributed by atoms with Crippen LogP contribution in [0.3, 0.4) is 0 Å². The van der Waals surface area contributed by atoms with Crippen LogP contribution in [0.4, 0.5) is 16.2 Å². The van der Waals surface area contributed by atoms with E-state index in [9.17, 15) is 23.1 Å². The van der Waals surface area contributed by atoms with E-state index < -0.39 is 15.9 Å². The first-order valence-electron chi connectivity index (χ1n) is 8.87. The van der Waals surface area contributed by atoms with Crippen LogP contribution in [0.25, 0.3) is 11.1 Å². The van der Waals surface area contributed by atoms with Gasteiger partial charge >= 0.3 is 6.09 Å². The summed E-state index contributed by atoms with van der Waals surface area (Å²) in [6.45, 7) is 3.35. The number of carbonyl (C=O) groups is 2. The molecule has 1 N–H and O–H groups in total. The van der Waals surface area contributed by atoms with Gasteiger partial charge in [0.2, 0.25) is 5.91 Å². The van der Waals surface area contributed by atoms with Gasteiger partial charge in [0.05, 0.1) is 29.4 Å². The van der Waals surface area contributed by atoms with Crippen molar-refractivity contribution in [3.63, 3.8) is 0 Å². The van der Waals surface area contributed by atoms with Crippen LogP contribution >= 0.6 is 0 Å². The molecule has 29 heavy (non-hydrogen) atoms. The lowest BCUT2D eigenvalue weighted by atomic mass is 9.99. The molecule has 0 saturated carbocycles. The van der Waals surface area contributed by atoms with Crippen molar-refractivity contribution in [3.8, 4) is 16.9 Å². The molecule has 3 rings (SSSR count). The SMILES string of the molecule is COc1cc2c(cc1-c1ccc(S(C)(=O)=O)cc1)N(C(=O)O)CC(C)N2C(C)=O. The molecule has 0 aliphatic carbocycles. The van der Waals surface area contributed by atoms with Crippen molar-refractivity contribution in [2.45, 2.75) is 24.8 Å². The van der Waals surface area contributed by atoms with Crippen molar-refractivity contribution < 1.29 is 27.9 Å². The summed E-state index contributed by atoms with van der Waals surface area (Å²) in [6, 6.07) is 9.22. The van der Waals surface area contributed by atoms with Gasteiger partial charge in [-0.1, -0.05) is 12.1 Å². The quantitative estimate of drug-likeness (QED) is 0.822. The van der Waals surface area contributed by atoms with Crippen molar-refractivity contribution >= 4 is 33.2 Å². The highest BCUT2D eigenvalue weighted by molar-refractivity contribution is 7.90. The summed E-state index contributed by atoms with van der Waals surface area (Å²) < 4.78 is 28.9. The summed E-state index contributed by atoms with van der Waals surface area (Å²) >= 11 is 0. The van der Waals surface area contributed by atoms with Crippen molar-refractivity contribution in [2.75, 3.05) is 29.7 Å². The zero-order valence-corrected chi connectivity index (χ0v) is 17.4. The lowest BCUT2D eigenvalue weighted by Crippen LogP contribution is -2.51. The summed E-state index contributed by atoms with van der Waals surface area (Å²) in [7, 11) is -1.85. The minimum atomic E-state index is -3.34. The number of sulfone groups is 1. The number of nitrogens with zero attached hydrogens (tertiary/aromatic N) is 2. The first kappa shape index (κ1) is 20.7. The molecule has 1 atom stereocenters. The molecule has 8 nitrogen and oxygen atoms in total. The summed E-state index contributed by atoms with van der Waals surface area (Å²) in [5, 5.41) is 9.67. The van der Waals surface area contributed by atoms with Gasteiger partial charge in [-0.2, -0.15) is 0 Å². The van der Waals surface area contributed by atoms with E-state index in [-0.39, 0.29) is 23.4 Å². The Morgan fingerprint density at radius 1 is 1.14 bits per heavy atom. The Hall–Kier alpha value is -3.07. The van der Waals surface area contributed by atoms with Gasteiger partial charge in [-0.05, 0) is 30.7 Å². The molecular formula is C20H22N2O6S. The predicted octanol–water partition coefficient (Wildman–Crippen LogP) is 3.01. The summed E-state index contributed by atoms with van der Waals surface area (Å²) in [5.74, 6) is 0.248. The van der Waals surface area contributed by atoms with Crippen molar-refractivity contribution in [3.05, 3.63) is 36.4 Å². The van der Waals surface area contributed by atoms with E-state index in [1.807, 2.05) is 0 Å². The van der Waals surface area contributed by atoms with Crippen molar-refractivity contribution in [1.29, 1.82) is 0 Å². The predicted molar refractivity (Wildman–Crippen MR) is 110 cm³/mol. The molecule has 0 radical (unpaired) electrons. The topological polar surface area (TPSA) is 104 Å². The maximum atomic E-state index is 12.2. The highest BCUT2D eigenvalue weighted by atomic mass is 32.2. The van der Waals surface area contributed by atoms with E-state index >= 15 is 0 Å². The molecule has 2 amide bonds. The number of fused-ring (bicyclic) bond motifs is 1. The zero-order valence-electron chi connectivity index (χ0n) is 16.5. The van der Waals surface area contributed by atoms with Crippen LogP contribution in [0.5, 0.6) is 5.75 Å². The van der Waals surface area contributed by atoms with E-state index in [1.165, 1.54) is 31.1 Å². The van der Waals surface area contributed by atoms with E-state index in [0.717, 1.165) is 6.26 Å². The molecular weight excluding hydrogens is 396 g/mol. The second-order valence-electron chi connectivity index (χ2n) is 6.97. The number of hydrogen-bond acceptors (Lipinski definition) is 5. The maximum absolute atomic E-state index is 12.2. The molecule has 1 aliphatic rings. The Balaban J connectivity index is 2.22. The molecule has 1 aliphatic heterocycles. The Morgan fingerprint density at radius 3 is 2.24 bits per heavy atom. The highest BCUT2D eigenvalue weighted by Gasteiger charge is 2.34. The average molecular weight is 418 g/mol. The lowest BCUT2D eigenvalue weighted by Gasteiger charge is -2.40. The Morgan fingerprint density at radius 2 is 1.76 bits per heavy atom. The lowest BCUT2D eigenvalue weighted by molar-refractivity contribution is -0.117. The van der Waals surface area contributed by atoms with Crippen LogP contribution in [0, 0.1) is 0 Å². The van der Waals surface area contributed by atoms with Gasteiger partial charge in [0.1, 0.15) is 5.75 Å². The first-order chi connectivity index (χ1) is 13.5. The molecule has 0 aromatic heterocycles. The third kappa shape index (κ3) is 3.77. The fourth-order valence-corrected chi connectivity index (χ4v) is 4.22. The molecule has 2 aromatic rings. The number of benzene rings is 2. The second kappa shape index (κ2) is 7.40. The van der Waals surface area contributed by atoms with E-state index in [2.05, 4.69) is 0 Å². The largest absolute Gasteiger partial charge is 0.496 e. The number of anilines is 2. The molecule has 9 heteroatoms. The molecule has 0 spiro atoms. The van der Waals surface area contributed by atoms with E-state index in [0.29, 0.717) is 28.3 Å². The van der Waals surface area contributed by atoms with Gasteiger partial charge in [0, 0.05) is 31.4 Å². The number of amides is 2. The minimum Gasteiger partial charge on any atom is -0.496 e. The van der Waals surface area contributed by atoms with Gasteiger partial charge in [-0.3, -0.25) is 9.69 Å². The van der Waals surface area contributed by atoms with Crippen LogP contribution in [-0.2, 0) is 14.6 Å². The fourth-order valence-electron chi connectivity index (χ4n) is 3.59. The molecule has 1 heterocycles. The average Bonchev–Trinajstić information content (AvgIpc) is 2.65. The third-order valence-corrected chi connectivity index (χ3v) is 6.03. The van der Waals surface area contributed by atoms with Crippen LogP contribution in [-0.4, -0.2) is 51.5 Å². The normalized spacial score (nSPS) is 16.3.